The maximum absolute atomic E-state index is 14.7. The Morgan fingerprint density at radius 1 is 0.272 bits per heavy atom. The Kier molecular flexibility index (Phi) is 20.0. The summed E-state index contributed by atoms with van der Waals surface area (Å²) in [6.07, 6.45) is 15.1. The molecule has 0 aromatic heterocycles. The summed E-state index contributed by atoms with van der Waals surface area (Å²) in [7, 11) is 0. The molecule has 12 aliphatic rings. The third-order valence-electron chi connectivity index (χ3n) is 29.6. The summed E-state index contributed by atoms with van der Waals surface area (Å²) < 4.78 is 95.2. The minimum absolute atomic E-state index is 0.0257. The van der Waals surface area contributed by atoms with Gasteiger partial charge >= 0.3 is 35.8 Å². The van der Waals surface area contributed by atoms with Crippen molar-refractivity contribution in [2.75, 3.05) is 0 Å². The highest BCUT2D eigenvalue weighted by Gasteiger charge is 2.63. The second-order valence-electron chi connectivity index (χ2n) is 40.6. The minimum atomic E-state index is -0.890. The van der Waals surface area contributed by atoms with Gasteiger partial charge in [0.1, 0.15) is 70.7 Å². The zero-order chi connectivity index (χ0) is 81.3. The molecule has 12 fully saturated rings. The quantitative estimate of drug-likeness (QED) is 0.0305. The van der Waals surface area contributed by atoms with E-state index in [2.05, 4.69) is 41.5 Å². The van der Waals surface area contributed by atoms with Gasteiger partial charge in [0.15, 0.2) is 0 Å². The van der Waals surface area contributed by atoms with Crippen molar-refractivity contribution in [2.24, 2.45) is 35.5 Å². The van der Waals surface area contributed by atoms with Gasteiger partial charge in [-0.1, -0.05) is 0 Å². The number of carbonyl (C=O) groups is 6. The predicted octanol–water partition coefficient (Wildman–Crippen LogP) is 17.8. The third-order valence-corrected chi connectivity index (χ3v) is 29.6. The van der Waals surface area contributed by atoms with Crippen LogP contribution in [0.2, 0.25) is 0 Å². The third kappa shape index (κ3) is 16.8. The standard InChI is InChI=1S/C93H120O21/c1-82(2,61-19-25-88(13)70(43-61)103-88)109-76(94)55-34-56(77(95)110-83(3,4)62-20-26-89(14)71(44-62)104-89)38-67(37-55)100-49-52-31-53(50-101-68-39-57(78(96)111-84(5,6)63-21-27-90(15)72(45-63)105-90)35-58(40-68)79(97)112-85(7,8)64-22-28-91(16)73(46-64)106-91)33-54(32-52)51-102-69-41-59(80(98)113-86(9,10)65-23-29-92(17)74(47-65)107-92)36-60(42-69)81(99)114-87(11,12)66-24-30-93(18)75(48-66)108-93/h31-42,61-66,70-75H,19-30,43-51H2,1-18H3. The SMILES string of the molecule is CC(C)(OC(=O)c1cc(OCc2cc(COc3cc(C(=O)OC(C)(C)C4CCC5(C)OC5C4)cc(C(=O)OC(C)(C)C4CCC5(C)OC5C4)c3)cc(COc3cc(C(=O)OC(C)(C)C4CCC5(C)OC5C4)cc(C(=O)OC(C)(C)C4CCC5(C)OC5C4)c3)c2)cc(C(=O)OC(C)(C)C2CCC3(C)OC3C2)c1)C1CCC2(C)OC2C1. The fourth-order valence-corrected chi connectivity index (χ4v) is 20.3. The lowest BCUT2D eigenvalue weighted by Gasteiger charge is -2.36. The molecule has 18 unspecified atom stereocenters. The zero-order valence-corrected chi connectivity index (χ0v) is 70.3. The van der Waals surface area contributed by atoms with Crippen molar-refractivity contribution in [2.45, 2.75) is 364 Å². The van der Waals surface area contributed by atoms with E-state index in [1.54, 1.807) is 36.4 Å². The van der Waals surface area contributed by atoms with E-state index < -0.39 is 69.4 Å². The molecule has 0 radical (unpaired) electrons. The van der Waals surface area contributed by atoms with Crippen molar-refractivity contribution in [3.8, 4) is 17.2 Å². The average Bonchev–Trinajstić information content (AvgIpc) is 1.61. The van der Waals surface area contributed by atoms with Crippen molar-refractivity contribution < 1.29 is 99.8 Å². The Morgan fingerprint density at radius 3 is 0.579 bits per heavy atom. The van der Waals surface area contributed by atoms with Crippen LogP contribution in [0.15, 0.2) is 72.8 Å². The number of ether oxygens (including phenoxy) is 15. The zero-order valence-electron chi connectivity index (χ0n) is 70.3. The Morgan fingerprint density at radius 2 is 0.430 bits per heavy atom. The van der Waals surface area contributed by atoms with E-state index in [0.717, 1.165) is 116 Å². The second kappa shape index (κ2) is 28.3. The van der Waals surface area contributed by atoms with E-state index in [9.17, 15) is 28.8 Å². The maximum Gasteiger partial charge on any atom is 0.338 e. The molecule has 6 aliphatic heterocycles. The second-order valence-corrected chi connectivity index (χ2v) is 40.6. The first-order valence-corrected chi connectivity index (χ1v) is 42.2. The molecule has 6 heterocycles. The van der Waals surface area contributed by atoms with Gasteiger partial charge in [-0.2, -0.15) is 0 Å². The monoisotopic (exact) mass is 1570 g/mol. The highest BCUT2D eigenvalue weighted by Crippen LogP contribution is 2.58. The Hall–Kier alpha value is -7.14. The lowest BCUT2D eigenvalue weighted by Crippen LogP contribution is -2.41. The molecule has 618 valence electrons. The van der Waals surface area contributed by atoms with Crippen LogP contribution >= 0.6 is 0 Å². The fraction of sp³-hybridized carbons (Fsp3) is 0.677. The lowest BCUT2D eigenvalue weighted by atomic mass is 9.75. The molecule has 0 N–H and O–H groups in total. The van der Waals surface area contributed by atoms with Crippen LogP contribution in [0.3, 0.4) is 0 Å². The van der Waals surface area contributed by atoms with Gasteiger partial charge in [-0.05, 0) is 330 Å². The summed E-state index contributed by atoms with van der Waals surface area (Å²) in [6.45, 7) is 35.5. The van der Waals surface area contributed by atoms with Gasteiger partial charge in [-0.25, -0.2) is 28.8 Å². The summed E-state index contributed by atoms with van der Waals surface area (Å²) in [6, 6.07) is 19.6. The molecular formula is C93H120O21. The van der Waals surface area contributed by atoms with Crippen LogP contribution in [0, 0.1) is 35.5 Å². The Labute approximate surface area is 671 Å². The van der Waals surface area contributed by atoms with E-state index in [1.807, 2.05) is 101 Å². The summed E-state index contributed by atoms with van der Waals surface area (Å²) in [5.41, 5.74) is -3.81. The number of hydrogen-bond donors (Lipinski definition) is 0. The maximum atomic E-state index is 14.7. The van der Waals surface area contributed by atoms with Crippen LogP contribution in [0.5, 0.6) is 17.2 Å². The van der Waals surface area contributed by atoms with Crippen molar-refractivity contribution in [1.82, 2.24) is 0 Å². The van der Waals surface area contributed by atoms with Gasteiger partial charge < -0.3 is 71.1 Å². The van der Waals surface area contributed by atoms with Crippen LogP contribution in [-0.4, -0.2) is 140 Å². The highest BCUT2D eigenvalue weighted by molar-refractivity contribution is 5.98. The van der Waals surface area contributed by atoms with Crippen molar-refractivity contribution >= 4 is 35.8 Å². The molecule has 6 aliphatic carbocycles. The van der Waals surface area contributed by atoms with Crippen molar-refractivity contribution in [3.63, 3.8) is 0 Å². The van der Waals surface area contributed by atoms with E-state index >= 15 is 0 Å². The lowest BCUT2D eigenvalue weighted by molar-refractivity contribution is -0.0396. The van der Waals surface area contributed by atoms with Gasteiger partial charge in [0.05, 0.1) is 104 Å². The molecule has 16 rings (SSSR count). The molecule has 21 nitrogen and oxygen atoms in total. The number of benzene rings is 4. The topological polar surface area (TPSA) is 261 Å². The first-order valence-electron chi connectivity index (χ1n) is 42.2. The molecule has 0 bridgehead atoms. The van der Waals surface area contributed by atoms with E-state index in [0.29, 0.717) is 16.7 Å². The minimum Gasteiger partial charge on any atom is -0.489 e. The molecule has 0 spiro atoms. The normalized spacial score (nSPS) is 34.3. The van der Waals surface area contributed by atoms with E-state index in [1.165, 1.54) is 18.2 Å². The van der Waals surface area contributed by atoms with Crippen LogP contribution < -0.4 is 14.2 Å². The van der Waals surface area contributed by atoms with E-state index in [-0.39, 0.29) is 176 Å². The first kappa shape index (κ1) is 80.6. The molecule has 18 atom stereocenters. The molecule has 114 heavy (non-hydrogen) atoms. The highest BCUT2D eigenvalue weighted by atomic mass is 16.6. The predicted molar refractivity (Wildman–Crippen MR) is 419 cm³/mol. The van der Waals surface area contributed by atoms with Crippen LogP contribution in [-0.2, 0) is 76.7 Å². The smallest absolute Gasteiger partial charge is 0.338 e. The fourth-order valence-electron chi connectivity index (χ4n) is 20.3. The Balaban J connectivity index is 0.713. The van der Waals surface area contributed by atoms with Gasteiger partial charge in [0, 0.05) is 35.5 Å². The number of fused-ring (bicyclic) bond motifs is 6. The summed E-state index contributed by atoms with van der Waals surface area (Å²) in [4.78, 5) is 88.4. The Bertz CT molecular complexity index is 3800. The first-order chi connectivity index (χ1) is 53.3. The molecule has 4 aromatic rings. The number of esters is 6. The van der Waals surface area contributed by atoms with Crippen molar-refractivity contribution in [1.29, 1.82) is 0 Å². The molecule has 6 saturated heterocycles. The van der Waals surface area contributed by atoms with Gasteiger partial charge in [-0.3, -0.25) is 0 Å². The summed E-state index contributed by atoms with van der Waals surface area (Å²) in [5, 5.41) is 0. The van der Waals surface area contributed by atoms with Gasteiger partial charge in [-0.15, -0.1) is 0 Å². The van der Waals surface area contributed by atoms with Gasteiger partial charge in [0.2, 0.25) is 0 Å². The molecule has 21 heteroatoms. The largest absolute Gasteiger partial charge is 0.489 e. The van der Waals surface area contributed by atoms with Crippen LogP contribution in [0.4, 0.5) is 0 Å². The summed E-state index contributed by atoms with van der Waals surface area (Å²) in [5.74, 6) is -3.08. The number of hydrogen-bond acceptors (Lipinski definition) is 21. The molecule has 4 aromatic carbocycles. The number of carbonyl (C=O) groups excluding carboxylic acids is 6. The molecular weight excluding hydrogens is 1450 g/mol. The average molecular weight is 1570 g/mol. The van der Waals surface area contributed by atoms with Crippen LogP contribution in [0.25, 0.3) is 0 Å². The number of rotatable bonds is 27. The van der Waals surface area contributed by atoms with E-state index in [4.69, 9.17) is 71.1 Å². The van der Waals surface area contributed by atoms with Crippen LogP contribution in [0.1, 0.15) is 319 Å². The number of epoxide rings is 6. The van der Waals surface area contributed by atoms with Crippen molar-refractivity contribution in [3.05, 3.63) is 123 Å². The summed E-state index contributed by atoms with van der Waals surface area (Å²) >= 11 is 0. The molecule has 6 saturated carbocycles. The molecule has 0 amide bonds. The van der Waals surface area contributed by atoms with Gasteiger partial charge in [0.25, 0.3) is 0 Å².